The Morgan fingerprint density at radius 1 is 1.03 bits per heavy atom. The van der Waals surface area contributed by atoms with Gasteiger partial charge in [-0.2, -0.15) is 0 Å². The van der Waals surface area contributed by atoms with E-state index in [4.69, 9.17) is 9.47 Å². The minimum atomic E-state index is -0.405. The number of aliphatic hydroxyl groups excluding tert-OH is 2. The van der Waals surface area contributed by atoms with E-state index < -0.39 is 5.79 Å². The van der Waals surface area contributed by atoms with Gasteiger partial charge in [-0.1, -0.05) is 64.0 Å². The molecule has 0 radical (unpaired) electrons. The van der Waals surface area contributed by atoms with Crippen LogP contribution in [0.2, 0.25) is 0 Å². The summed E-state index contributed by atoms with van der Waals surface area (Å²) in [4.78, 5) is 0. The normalized spacial score (nSPS) is 38.2. The molecule has 1 saturated heterocycles. The summed E-state index contributed by atoms with van der Waals surface area (Å²) >= 11 is 0. The van der Waals surface area contributed by atoms with E-state index in [1.807, 2.05) is 6.08 Å². The summed E-state index contributed by atoms with van der Waals surface area (Å²) < 4.78 is 12.5. The summed E-state index contributed by atoms with van der Waals surface area (Å²) in [7, 11) is 0. The summed E-state index contributed by atoms with van der Waals surface area (Å²) in [5.74, 6) is 0.513. The number of unbranched alkanes of at least 4 members (excludes halogenated alkanes) is 3. The number of hydrogen-bond acceptors (Lipinski definition) is 4. The van der Waals surface area contributed by atoms with Gasteiger partial charge in [0.05, 0.1) is 25.4 Å². The molecule has 1 heterocycles. The Morgan fingerprint density at radius 3 is 2.52 bits per heavy atom. The second-order valence-corrected chi connectivity index (χ2v) is 10.2. The number of hydrogen-bond donors (Lipinski definition) is 2. The third-order valence-electron chi connectivity index (χ3n) is 8.65. The van der Waals surface area contributed by atoms with E-state index in [2.05, 4.69) is 13.0 Å². The first kappa shape index (κ1) is 21.8. The lowest BCUT2D eigenvalue weighted by atomic mass is 9.44. The third-order valence-corrected chi connectivity index (χ3v) is 8.65. The summed E-state index contributed by atoms with van der Waals surface area (Å²) in [6.45, 7) is 3.66. The highest BCUT2D eigenvalue weighted by atomic mass is 16.7. The zero-order valence-electron chi connectivity index (χ0n) is 18.4. The molecule has 3 aliphatic carbocycles. The molecule has 2 N–H and O–H groups in total. The predicted molar refractivity (Wildman–Crippen MR) is 114 cm³/mol. The van der Waals surface area contributed by atoms with Crippen LogP contribution in [-0.4, -0.2) is 41.4 Å². The van der Waals surface area contributed by atoms with Gasteiger partial charge in [-0.3, -0.25) is 0 Å². The van der Waals surface area contributed by atoms with Crippen molar-refractivity contribution in [2.24, 2.45) is 23.2 Å². The fraction of sp³-hybridized carbons (Fsp3) is 0.920. The lowest BCUT2D eigenvalue weighted by Gasteiger charge is -2.66. The van der Waals surface area contributed by atoms with Crippen molar-refractivity contribution in [3.05, 3.63) is 12.2 Å². The standard InChI is InChI=1S/C25H42O4/c1-2-3-4-8-14-24-15-13-23(27)20(21(24)18-25(24)28-16-17-29-25)11-12-22(26)19-9-6-5-7-10-19/h11-12,19-23,26-27H,2-10,13-18H2,1H3/b12-11+/t20-,21-,22+,23-,24+/m0/s1. The largest absolute Gasteiger partial charge is 0.393 e. The average molecular weight is 407 g/mol. The van der Waals surface area contributed by atoms with Gasteiger partial charge in [0.1, 0.15) is 0 Å². The fourth-order valence-electron chi connectivity index (χ4n) is 6.95. The maximum atomic E-state index is 10.9. The monoisotopic (exact) mass is 406 g/mol. The maximum Gasteiger partial charge on any atom is 0.174 e. The maximum absolute atomic E-state index is 10.9. The molecule has 4 rings (SSSR count). The van der Waals surface area contributed by atoms with Gasteiger partial charge in [0, 0.05) is 17.8 Å². The molecule has 0 unspecified atom stereocenters. The van der Waals surface area contributed by atoms with Crippen molar-refractivity contribution in [2.75, 3.05) is 13.2 Å². The lowest BCUT2D eigenvalue weighted by molar-refractivity contribution is -0.353. The van der Waals surface area contributed by atoms with Crippen LogP contribution in [0.1, 0.15) is 90.4 Å². The molecule has 4 aliphatic rings. The molecule has 1 aliphatic heterocycles. The molecule has 1 spiro atoms. The third kappa shape index (κ3) is 4.07. The Labute approximate surface area is 177 Å². The van der Waals surface area contributed by atoms with Crippen LogP contribution in [0.3, 0.4) is 0 Å². The SMILES string of the molecule is CCCCCC[C@@]12CC[C@H](O)[C@@H](/C=C/[C@@H](O)C3CCCCC3)[C@@H]1CC21OCCO1. The van der Waals surface area contributed by atoms with Crippen molar-refractivity contribution in [3.63, 3.8) is 0 Å². The molecule has 0 aromatic heterocycles. The molecule has 166 valence electrons. The van der Waals surface area contributed by atoms with Crippen molar-refractivity contribution in [2.45, 2.75) is 108 Å². The lowest BCUT2D eigenvalue weighted by Crippen LogP contribution is -2.69. The van der Waals surface area contributed by atoms with Gasteiger partial charge in [-0.05, 0) is 43.9 Å². The number of ether oxygens (including phenoxy) is 2. The first-order chi connectivity index (χ1) is 14.1. The van der Waals surface area contributed by atoms with E-state index in [1.165, 1.54) is 44.9 Å². The Kier molecular flexibility index (Phi) is 7.05. The number of aliphatic hydroxyl groups is 2. The molecule has 0 aromatic carbocycles. The van der Waals surface area contributed by atoms with E-state index in [9.17, 15) is 10.2 Å². The predicted octanol–water partition coefficient (Wildman–Crippen LogP) is 4.97. The van der Waals surface area contributed by atoms with E-state index in [-0.39, 0.29) is 23.5 Å². The van der Waals surface area contributed by atoms with E-state index in [1.54, 1.807) is 0 Å². The van der Waals surface area contributed by atoms with Crippen LogP contribution in [-0.2, 0) is 9.47 Å². The van der Waals surface area contributed by atoms with Crippen LogP contribution in [0.5, 0.6) is 0 Å². The van der Waals surface area contributed by atoms with Crippen molar-refractivity contribution in [1.82, 2.24) is 0 Å². The molecule has 0 amide bonds. The Bertz CT molecular complexity index is 549. The Morgan fingerprint density at radius 2 is 1.79 bits per heavy atom. The minimum absolute atomic E-state index is 0.0429. The number of rotatable bonds is 8. The van der Waals surface area contributed by atoms with Gasteiger partial charge in [0.15, 0.2) is 5.79 Å². The summed E-state index contributed by atoms with van der Waals surface area (Å²) in [5.41, 5.74) is 0.0429. The zero-order chi connectivity index (χ0) is 20.3. The van der Waals surface area contributed by atoms with Gasteiger partial charge >= 0.3 is 0 Å². The smallest absolute Gasteiger partial charge is 0.174 e. The van der Waals surface area contributed by atoms with Crippen LogP contribution >= 0.6 is 0 Å². The van der Waals surface area contributed by atoms with Crippen LogP contribution in [0.4, 0.5) is 0 Å². The van der Waals surface area contributed by atoms with Crippen molar-refractivity contribution >= 4 is 0 Å². The molecule has 4 nitrogen and oxygen atoms in total. The van der Waals surface area contributed by atoms with Crippen LogP contribution < -0.4 is 0 Å². The second kappa shape index (κ2) is 9.38. The highest BCUT2D eigenvalue weighted by Crippen LogP contribution is 2.68. The van der Waals surface area contributed by atoms with Gasteiger partial charge in [-0.25, -0.2) is 0 Å². The first-order valence-electron chi connectivity index (χ1n) is 12.4. The molecule has 0 aromatic rings. The highest BCUT2D eigenvalue weighted by molar-refractivity contribution is 5.18. The van der Waals surface area contributed by atoms with E-state index in [0.717, 1.165) is 38.5 Å². The summed E-state index contributed by atoms with van der Waals surface area (Å²) in [5, 5.41) is 21.6. The number of fused-ring (bicyclic) bond motifs is 2. The minimum Gasteiger partial charge on any atom is -0.393 e. The second-order valence-electron chi connectivity index (χ2n) is 10.2. The van der Waals surface area contributed by atoms with E-state index in [0.29, 0.717) is 25.0 Å². The van der Waals surface area contributed by atoms with Gasteiger partial charge < -0.3 is 19.7 Å². The van der Waals surface area contributed by atoms with Crippen molar-refractivity contribution in [3.8, 4) is 0 Å². The van der Waals surface area contributed by atoms with Gasteiger partial charge in [0.2, 0.25) is 0 Å². The molecule has 4 fully saturated rings. The molecular formula is C25H42O4. The van der Waals surface area contributed by atoms with Gasteiger partial charge in [-0.15, -0.1) is 0 Å². The van der Waals surface area contributed by atoms with Gasteiger partial charge in [0.25, 0.3) is 0 Å². The molecular weight excluding hydrogens is 364 g/mol. The summed E-state index contributed by atoms with van der Waals surface area (Å²) in [6, 6.07) is 0. The molecule has 29 heavy (non-hydrogen) atoms. The molecule has 5 atom stereocenters. The average Bonchev–Trinajstić information content (AvgIpc) is 3.24. The van der Waals surface area contributed by atoms with Crippen molar-refractivity contribution < 1.29 is 19.7 Å². The van der Waals surface area contributed by atoms with E-state index >= 15 is 0 Å². The summed E-state index contributed by atoms with van der Waals surface area (Å²) in [6.07, 6.45) is 18.4. The molecule has 0 bridgehead atoms. The Hall–Kier alpha value is -0.420. The molecule has 3 saturated carbocycles. The highest BCUT2D eigenvalue weighted by Gasteiger charge is 2.71. The quantitative estimate of drug-likeness (QED) is 0.441. The van der Waals surface area contributed by atoms with Crippen LogP contribution in [0.25, 0.3) is 0 Å². The van der Waals surface area contributed by atoms with Crippen molar-refractivity contribution in [1.29, 1.82) is 0 Å². The van der Waals surface area contributed by atoms with Crippen LogP contribution in [0, 0.1) is 23.2 Å². The fourth-order valence-corrected chi connectivity index (χ4v) is 6.95. The zero-order valence-corrected chi connectivity index (χ0v) is 18.4. The van der Waals surface area contributed by atoms with Crippen LogP contribution in [0.15, 0.2) is 12.2 Å². The molecule has 4 heteroatoms. The first-order valence-corrected chi connectivity index (χ1v) is 12.4. The Balaban J connectivity index is 1.47. The topological polar surface area (TPSA) is 58.9 Å².